The van der Waals surface area contributed by atoms with Crippen LogP contribution in [-0.4, -0.2) is 20.9 Å². The fourth-order valence-corrected chi connectivity index (χ4v) is 3.42. The zero-order chi connectivity index (χ0) is 15.8. The highest BCUT2D eigenvalue weighted by atomic mass is 32.1. The van der Waals surface area contributed by atoms with Crippen LogP contribution in [0.1, 0.15) is 10.4 Å². The molecule has 0 bridgehead atoms. The minimum absolute atomic E-state index is 0.425. The van der Waals surface area contributed by atoms with Gasteiger partial charge >= 0.3 is 0 Å². The smallest absolute Gasteiger partial charge is 0.250 e. The summed E-state index contributed by atoms with van der Waals surface area (Å²) in [6, 6.07) is 13.3. The van der Waals surface area contributed by atoms with E-state index < -0.39 is 5.91 Å². The van der Waals surface area contributed by atoms with Crippen LogP contribution < -0.4 is 5.73 Å². The predicted molar refractivity (Wildman–Crippen MR) is 91.2 cm³/mol. The lowest BCUT2D eigenvalue weighted by Crippen LogP contribution is -2.11. The number of nitrogens with one attached hydrogen (secondary N) is 1. The van der Waals surface area contributed by atoms with Crippen LogP contribution in [0.15, 0.2) is 54.9 Å². The standard InChI is InChI=1S/C17H12N4OS/c18-16(22)11-4-1-5-12-15(11)21-17(20-12)14-7-6-13(23-14)10-3-2-8-19-9-10/h1-9H,(H2,18,22)(H,20,21). The van der Waals surface area contributed by atoms with Crippen molar-refractivity contribution in [3.63, 3.8) is 0 Å². The molecule has 4 aromatic rings. The normalized spacial score (nSPS) is 11.0. The number of carbonyl (C=O) groups excluding carboxylic acids is 1. The van der Waals surface area contributed by atoms with Gasteiger partial charge in [-0.3, -0.25) is 9.78 Å². The first-order valence-corrected chi connectivity index (χ1v) is 7.83. The molecule has 0 spiro atoms. The molecular weight excluding hydrogens is 308 g/mol. The molecule has 0 unspecified atom stereocenters. The Labute approximate surface area is 135 Å². The van der Waals surface area contributed by atoms with Crippen molar-refractivity contribution >= 4 is 28.3 Å². The quantitative estimate of drug-likeness (QED) is 0.606. The van der Waals surface area contributed by atoms with Gasteiger partial charge in [-0.2, -0.15) is 0 Å². The molecule has 6 heteroatoms. The molecule has 0 aliphatic heterocycles. The lowest BCUT2D eigenvalue weighted by molar-refractivity contribution is 0.100. The molecule has 3 heterocycles. The number of H-pyrrole nitrogens is 1. The van der Waals surface area contributed by atoms with Gasteiger partial charge in [0.2, 0.25) is 0 Å². The van der Waals surface area contributed by atoms with Crippen LogP contribution in [0.3, 0.4) is 0 Å². The van der Waals surface area contributed by atoms with Gasteiger partial charge in [-0.05, 0) is 30.3 Å². The second kappa shape index (κ2) is 5.33. The van der Waals surface area contributed by atoms with Crippen molar-refractivity contribution in [3.05, 3.63) is 60.4 Å². The van der Waals surface area contributed by atoms with E-state index in [1.165, 1.54) is 0 Å². The predicted octanol–water partition coefficient (Wildman–Crippen LogP) is 3.45. The highest BCUT2D eigenvalue weighted by Crippen LogP contribution is 2.33. The number of amides is 1. The molecule has 112 valence electrons. The summed E-state index contributed by atoms with van der Waals surface area (Å²) in [5.41, 5.74) is 8.30. The summed E-state index contributed by atoms with van der Waals surface area (Å²) in [7, 11) is 0. The van der Waals surface area contributed by atoms with E-state index in [-0.39, 0.29) is 0 Å². The van der Waals surface area contributed by atoms with Crippen LogP contribution in [0.5, 0.6) is 0 Å². The van der Waals surface area contributed by atoms with Crippen molar-refractivity contribution in [2.45, 2.75) is 0 Å². The first-order valence-electron chi connectivity index (χ1n) is 7.01. The number of imidazole rings is 1. The number of hydrogen-bond donors (Lipinski definition) is 2. The molecule has 3 N–H and O–H groups in total. The monoisotopic (exact) mass is 320 g/mol. The minimum Gasteiger partial charge on any atom is -0.366 e. The fourth-order valence-electron chi connectivity index (χ4n) is 2.48. The average Bonchev–Trinajstić information content (AvgIpc) is 3.21. The third-order valence-corrected chi connectivity index (χ3v) is 4.70. The zero-order valence-corrected chi connectivity index (χ0v) is 12.8. The Hall–Kier alpha value is -2.99. The molecule has 3 aromatic heterocycles. The molecule has 1 amide bonds. The molecule has 23 heavy (non-hydrogen) atoms. The van der Waals surface area contributed by atoms with Crippen molar-refractivity contribution in [2.75, 3.05) is 0 Å². The summed E-state index contributed by atoms with van der Waals surface area (Å²) in [5, 5.41) is 0. The molecule has 0 aliphatic rings. The third-order valence-electron chi connectivity index (χ3n) is 3.56. The molecular formula is C17H12N4OS. The Balaban J connectivity index is 1.80. The molecule has 0 aliphatic carbocycles. The number of hydrogen-bond acceptors (Lipinski definition) is 4. The summed E-state index contributed by atoms with van der Waals surface area (Å²) in [4.78, 5) is 25.6. The third kappa shape index (κ3) is 2.39. The summed E-state index contributed by atoms with van der Waals surface area (Å²) < 4.78 is 0. The first kappa shape index (κ1) is 13.7. The van der Waals surface area contributed by atoms with E-state index in [4.69, 9.17) is 5.73 Å². The molecule has 0 saturated heterocycles. The van der Waals surface area contributed by atoms with Crippen molar-refractivity contribution < 1.29 is 4.79 Å². The largest absolute Gasteiger partial charge is 0.366 e. The van der Waals surface area contributed by atoms with E-state index in [2.05, 4.69) is 15.0 Å². The summed E-state index contributed by atoms with van der Waals surface area (Å²) in [6.45, 7) is 0. The number of aromatic nitrogens is 3. The summed E-state index contributed by atoms with van der Waals surface area (Å²) in [6.07, 6.45) is 3.59. The van der Waals surface area contributed by atoms with Crippen molar-refractivity contribution in [3.8, 4) is 21.1 Å². The van der Waals surface area contributed by atoms with Gasteiger partial charge in [0, 0.05) is 22.8 Å². The van der Waals surface area contributed by atoms with Crippen molar-refractivity contribution in [2.24, 2.45) is 5.73 Å². The lowest BCUT2D eigenvalue weighted by atomic mass is 10.2. The van der Waals surface area contributed by atoms with E-state index in [0.29, 0.717) is 11.1 Å². The van der Waals surface area contributed by atoms with Gasteiger partial charge in [0.1, 0.15) is 11.3 Å². The minimum atomic E-state index is -0.476. The van der Waals surface area contributed by atoms with E-state index >= 15 is 0 Å². The molecule has 0 fully saturated rings. The van der Waals surface area contributed by atoms with E-state index in [0.717, 1.165) is 26.7 Å². The SMILES string of the molecule is NC(=O)c1cccc2[nH]c(-c3ccc(-c4cccnc4)s3)nc12. The van der Waals surface area contributed by atoms with E-state index in [9.17, 15) is 4.79 Å². The van der Waals surface area contributed by atoms with Gasteiger partial charge in [0.25, 0.3) is 5.91 Å². The molecule has 5 nitrogen and oxygen atoms in total. The number of pyridine rings is 1. The van der Waals surface area contributed by atoms with Gasteiger partial charge in [-0.15, -0.1) is 11.3 Å². The van der Waals surface area contributed by atoms with Crippen LogP contribution in [0.4, 0.5) is 0 Å². The van der Waals surface area contributed by atoms with Crippen LogP contribution in [0, 0.1) is 0 Å². The fraction of sp³-hybridized carbons (Fsp3) is 0. The highest BCUT2D eigenvalue weighted by Gasteiger charge is 2.13. The second-order valence-corrected chi connectivity index (χ2v) is 6.14. The van der Waals surface area contributed by atoms with Gasteiger partial charge in [-0.25, -0.2) is 4.98 Å². The molecule has 4 rings (SSSR count). The summed E-state index contributed by atoms with van der Waals surface area (Å²) in [5.74, 6) is 0.254. The molecule has 1 aromatic carbocycles. The van der Waals surface area contributed by atoms with Crippen LogP contribution in [0.25, 0.3) is 32.2 Å². The summed E-state index contributed by atoms with van der Waals surface area (Å²) >= 11 is 1.62. The number of carbonyl (C=O) groups is 1. The Morgan fingerprint density at radius 1 is 1.09 bits per heavy atom. The molecule has 0 saturated carbocycles. The number of aromatic amines is 1. The Bertz CT molecular complexity index is 1000. The van der Waals surface area contributed by atoms with E-state index in [1.54, 1.807) is 29.7 Å². The number of rotatable bonds is 3. The molecule has 0 radical (unpaired) electrons. The molecule has 0 atom stereocenters. The zero-order valence-electron chi connectivity index (χ0n) is 12.0. The van der Waals surface area contributed by atoms with Crippen LogP contribution in [-0.2, 0) is 0 Å². The number of nitrogens with two attached hydrogens (primary N) is 1. The van der Waals surface area contributed by atoms with E-state index in [1.807, 2.05) is 36.5 Å². The topological polar surface area (TPSA) is 84.7 Å². The van der Waals surface area contributed by atoms with Crippen molar-refractivity contribution in [1.29, 1.82) is 0 Å². The maximum atomic E-state index is 11.5. The maximum Gasteiger partial charge on any atom is 0.250 e. The number of nitrogens with zero attached hydrogens (tertiary/aromatic N) is 2. The number of benzene rings is 1. The van der Waals surface area contributed by atoms with Gasteiger partial charge < -0.3 is 10.7 Å². The Kier molecular flexibility index (Phi) is 3.17. The van der Waals surface area contributed by atoms with Gasteiger partial charge in [0.15, 0.2) is 0 Å². The number of thiophene rings is 1. The average molecular weight is 320 g/mol. The van der Waals surface area contributed by atoms with Crippen LogP contribution in [0.2, 0.25) is 0 Å². The number of fused-ring (bicyclic) bond motifs is 1. The highest BCUT2D eigenvalue weighted by molar-refractivity contribution is 7.18. The Morgan fingerprint density at radius 2 is 1.96 bits per heavy atom. The number of para-hydroxylation sites is 1. The van der Waals surface area contributed by atoms with Gasteiger partial charge in [-0.1, -0.05) is 12.1 Å². The second-order valence-electron chi connectivity index (χ2n) is 5.06. The van der Waals surface area contributed by atoms with Crippen molar-refractivity contribution in [1.82, 2.24) is 15.0 Å². The maximum absolute atomic E-state index is 11.5. The lowest BCUT2D eigenvalue weighted by Gasteiger charge is -1.94. The van der Waals surface area contributed by atoms with Crippen LogP contribution >= 0.6 is 11.3 Å². The van der Waals surface area contributed by atoms with Gasteiger partial charge in [0.05, 0.1) is 16.0 Å². The Morgan fingerprint density at radius 3 is 2.74 bits per heavy atom. The number of primary amides is 1. The first-order chi connectivity index (χ1) is 11.2.